The largest absolute Gasteiger partial charge is 0.305 e. The monoisotopic (exact) mass is 292 g/mol. The molecule has 1 heterocycles. The minimum atomic E-state index is -1.02. The lowest BCUT2D eigenvalue weighted by molar-refractivity contribution is -0.114. The first-order valence-electron chi connectivity index (χ1n) is 6.53. The zero-order chi connectivity index (χ0) is 15.8. The molecule has 0 saturated heterocycles. The summed E-state index contributed by atoms with van der Waals surface area (Å²) in [5, 5.41) is 8.93. The van der Waals surface area contributed by atoms with Crippen molar-refractivity contribution in [1.29, 1.82) is 5.26 Å². The van der Waals surface area contributed by atoms with Crippen LogP contribution < -0.4 is 4.90 Å². The summed E-state index contributed by atoms with van der Waals surface area (Å²) in [5.74, 6) is -3.68. The standard InChI is InChI=1S/C15H14F2N2O2/c1-15(2,8-18)4-3-5-19-11-7-9(16)6-10(17)12(11)13(20)14(19)21/h6-7H,3-5H2,1-2H3. The van der Waals surface area contributed by atoms with Gasteiger partial charge in [0.05, 0.1) is 22.7 Å². The lowest BCUT2D eigenvalue weighted by Crippen LogP contribution is -2.31. The molecule has 1 amide bonds. The van der Waals surface area contributed by atoms with Crippen LogP contribution in [0.15, 0.2) is 12.1 Å². The molecular formula is C15H14F2N2O2. The van der Waals surface area contributed by atoms with Crippen LogP contribution in [0.5, 0.6) is 0 Å². The molecule has 1 aliphatic rings. The summed E-state index contributed by atoms with van der Waals surface area (Å²) in [6, 6.07) is 3.71. The Morgan fingerprint density at radius 1 is 1.29 bits per heavy atom. The van der Waals surface area contributed by atoms with Crippen molar-refractivity contribution in [2.45, 2.75) is 26.7 Å². The highest BCUT2D eigenvalue weighted by Crippen LogP contribution is 2.32. The third-order valence-corrected chi connectivity index (χ3v) is 3.48. The summed E-state index contributed by atoms with van der Waals surface area (Å²) in [4.78, 5) is 24.7. The first-order valence-corrected chi connectivity index (χ1v) is 6.53. The topological polar surface area (TPSA) is 61.2 Å². The molecule has 0 aromatic heterocycles. The SMILES string of the molecule is CC(C)(C#N)CCCN1C(=O)C(=O)c2c(F)cc(F)cc21. The number of nitrogens with zero attached hydrogens (tertiary/aromatic N) is 2. The summed E-state index contributed by atoms with van der Waals surface area (Å²) >= 11 is 0. The maximum absolute atomic E-state index is 13.6. The number of hydrogen-bond acceptors (Lipinski definition) is 3. The van der Waals surface area contributed by atoms with E-state index in [0.29, 0.717) is 18.9 Å². The molecule has 0 N–H and O–H groups in total. The molecule has 110 valence electrons. The molecule has 0 aliphatic carbocycles. The zero-order valence-electron chi connectivity index (χ0n) is 11.7. The Morgan fingerprint density at radius 2 is 1.95 bits per heavy atom. The van der Waals surface area contributed by atoms with Crippen LogP contribution in [-0.4, -0.2) is 18.2 Å². The predicted octanol–water partition coefficient (Wildman–Crippen LogP) is 2.82. The minimum Gasteiger partial charge on any atom is -0.305 e. The fourth-order valence-electron chi connectivity index (χ4n) is 2.29. The molecule has 4 nitrogen and oxygen atoms in total. The van der Waals surface area contributed by atoms with E-state index in [1.54, 1.807) is 13.8 Å². The molecule has 21 heavy (non-hydrogen) atoms. The zero-order valence-corrected chi connectivity index (χ0v) is 11.7. The first-order chi connectivity index (χ1) is 9.76. The van der Waals surface area contributed by atoms with Crippen LogP contribution in [0.3, 0.4) is 0 Å². The van der Waals surface area contributed by atoms with Crippen molar-refractivity contribution in [1.82, 2.24) is 0 Å². The number of nitriles is 1. The lowest BCUT2D eigenvalue weighted by Gasteiger charge is -2.19. The minimum absolute atomic E-state index is 0.0303. The van der Waals surface area contributed by atoms with E-state index in [4.69, 9.17) is 5.26 Å². The number of Topliss-reactive ketones (excluding diaryl/α,β-unsaturated/α-hetero) is 1. The number of benzene rings is 1. The van der Waals surface area contributed by atoms with Crippen LogP contribution in [0.2, 0.25) is 0 Å². The molecule has 1 aliphatic heterocycles. The maximum Gasteiger partial charge on any atom is 0.299 e. The molecule has 0 fully saturated rings. The van der Waals surface area contributed by atoms with E-state index >= 15 is 0 Å². The first kappa shape index (κ1) is 15.1. The summed E-state index contributed by atoms with van der Waals surface area (Å²) in [5.41, 5.74) is -0.957. The van der Waals surface area contributed by atoms with Gasteiger partial charge in [0.25, 0.3) is 11.7 Å². The van der Waals surface area contributed by atoms with Crippen molar-refractivity contribution >= 4 is 17.4 Å². The average molecular weight is 292 g/mol. The van der Waals surface area contributed by atoms with Gasteiger partial charge in [-0.2, -0.15) is 5.26 Å². The molecule has 0 saturated carbocycles. The van der Waals surface area contributed by atoms with Crippen molar-refractivity contribution < 1.29 is 18.4 Å². The highest BCUT2D eigenvalue weighted by Gasteiger charge is 2.38. The molecule has 0 spiro atoms. The Labute approximate surface area is 121 Å². The number of amides is 1. The summed E-state index contributed by atoms with van der Waals surface area (Å²) in [6.07, 6.45) is 0.964. The normalized spacial score (nSPS) is 14.3. The second-order valence-corrected chi connectivity index (χ2v) is 5.67. The van der Waals surface area contributed by atoms with Crippen LogP contribution in [0.1, 0.15) is 37.0 Å². The Bertz CT molecular complexity index is 662. The number of anilines is 1. The van der Waals surface area contributed by atoms with Crippen molar-refractivity contribution in [2.24, 2.45) is 5.41 Å². The molecule has 1 aromatic carbocycles. The molecule has 0 atom stereocenters. The third-order valence-electron chi connectivity index (χ3n) is 3.48. The van der Waals surface area contributed by atoms with Crippen LogP contribution >= 0.6 is 0 Å². The molecule has 0 radical (unpaired) electrons. The molecule has 1 aromatic rings. The van der Waals surface area contributed by atoms with E-state index in [2.05, 4.69) is 6.07 Å². The fourth-order valence-corrected chi connectivity index (χ4v) is 2.29. The van der Waals surface area contributed by atoms with Gasteiger partial charge in [0.2, 0.25) is 0 Å². The maximum atomic E-state index is 13.6. The van der Waals surface area contributed by atoms with Gasteiger partial charge in [-0.3, -0.25) is 9.59 Å². The summed E-state index contributed by atoms with van der Waals surface area (Å²) < 4.78 is 26.9. The van der Waals surface area contributed by atoms with Crippen molar-refractivity contribution in [2.75, 3.05) is 11.4 Å². The predicted molar refractivity (Wildman–Crippen MR) is 71.7 cm³/mol. The van der Waals surface area contributed by atoms with Gasteiger partial charge in [0.1, 0.15) is 11.6 Å². The second kappa shape index (κ2) is 5.24. The van der Waals surface area contributed by atoms with Crippen molar-refractivity contribution in [3.05, 3.63) is 29.3 Å². The number of ketones is 1. The van der Waals surface area contributed by atoms with Crippen LogP contribution in [-0.2, 0) is 4.79 Å². The van der Waals surface area contributed by atoms with Crippen LogP contribution in [0.25, 0.3) is 0 Å². The molecule has 0 unspecified atom stereocenters. The van der Waals surface area contributed by atoms with Gasteiger partial charge in [0.15, 0.2) is 0 Å². The number of fused-ring (bicyclic) bond motifs is 1. The van der Waals surface area contributed by atoms with E-state index < -0.39 is 28.7 Å². The van der Waals surface area contributed by atoms with Gasteiger partial charge in [-0.15, -0.1) is 0 Å². The van der Waals surface area contributed by atoms with Gasteiger partial charge in [0, 0.05) is 12.6 Å². The van der Waals surface area contributed by atoms with E-state index in [9.17, 15) is 18.4 Å². The fraction of sp³-hybridized carbons (Fsp3) is 0.400. The second-order valence-electron chi connectivity index (χ2n) is 5.67. The summed E-state index contributed by atoms with van der Waals surface area (Å²) in [6.45, 7) is 3.67. The lowest BCUT2D eigenvalue weighted by atomic mass is 9.90. The summed E-state index contributed by atoms with van der Waals surface area (Å²) in [7, 11) is 0. The van der Waals surface area contributed by atoms with E-state index in [-0.39, 0.29) is 17.8 Å². The quantitative estimate of drug-likeness (QED) is 0.802. The van der Waals surface area contributed by atoms with Gasteiger partial charge < -0.3 is 4.90 Å². The Hall–Kier alpha value is -2.29. The van der Waals surface area contributed by atoms with Crippen LogP contribution in [0, 0.1) is 28.4 Å². The molecular weight excluding hydrogens is 278 g/mol. The van der Waals surface area contributed by atoms with Crippen molar-refractivity contribution in [3.8, 4) is 6.07 Å². The molecule has 6 heteroatoms. The van der Waals surface area contributed by atoms with Gasteiger partial charge in [-0.05, 0) is 32.8 Å². The number of carbonyl (C=O) groups excluding carboxylic acids is 2. The van der Waals surface area contributed by atoms with E-state index in [1.807, 2.05) is 0 Å². The van der Waals surface area contributed by atoms with Crippen LogP contribution in [0.4, 0.5) is 14.5 Å². The molecule has 0 bridgehead atoms. The highest BCUT2D eigenvalue weighted by molar-refractivity contribution is 6.52. The third kappa shape index (κ3) is 2.77. The number of carbonyl (C=O) groups is 2. The Balaban J connectivity index is 2.22. The van der Waals surface area contributed by atoms with Gasteiger partial charge >= 0.3 is 0 Å². The molecule has 2 rings (SSSR count). The van der Waals surface area contributed by atoms with Gasteiger partial charge in [-0.1, -0.05) is 0 Å². The Morgan fingerprint density at radius 3 is 2.57 bits per heavy atom. The number of rotatable bonds is 4. The van der Waals surface area contributed by atoms with E-state index in [0.717, 1.165) is 11.0 Å². The van der Waals surface area contributed by atoms with E-state index in [1.165, 1.54) is 0 Å². The van der Waals surface area contributed by atoms with Gasteiger partial charge in [-0.25, -0.2) is 8.78 Å². The number of hydrogen-bond donors (Lipinski definition) is 0. The Kier molecular flexibility index (Phi) is 3.77. The highest BCUT2D eigenvalue weighted by atomic mass is 19.1. The van der Waals surface area contributed by atoms with Crippen molar-refractivity contribution in [3.63, 3.8) is 0 Å². The smallest absolute Gasteiger partial charge is 0.299 e. The number of halogens is 2. The average Bonchev–Trinajstić information content (AvgIpc) is 2.63.